The summed E-state index contributed by atoms with van der Waals surface area (Å²) in [4.78, 5) is 26.9. The number of nitriles is 1. The fraction of sp³-hybridized carbons (Fsp3) is 0.320. The van der Waals surface area contributed by atoms with E-state index in [-0.39, 0.29) is 35.3 Å². The molecule has 2 aromatic heterocycles. The summed E-state index contributed by atoms with van der Waals surface area (Å²) in [6.45, 7) is 1.87. The van der Waals surface area contributed by atoms with Crippen LogP contribution in [-0.4, -0.2) is 59.1 Å². The number of ether oxygens (including phenoxy) is 2. The van der Waals surface area contributed by atoms with Crippen molar-refractivity contribution in [2.24, 2.45) is 0 Å². The molecule has 1 N–H and O–H groups in total. The third kappa shape index (κ3) is 5.74. The molecule has 4 rings (SSSR count). The Morgan fingerprint density at radius 1 is 1.26 bits per heavy atom. The molecule has 3 aromatic rings. The quantitative estimate of drug-likeness (QED) is 0.499. The number of aromatic nitrogens is 3. The van der Waals surface area contributed by atoms with E-state index in [2.05, 4.69) is 31.2 Å². The number of carbonyl (C=O) groups is 1. The largest absolute Gasteiger partial charge is 0.497 e. The maximum Gasteiger partial charge on any atom is 0.269 e. The number of amides is 1. The van der Waals surface area contributed by atoms with Crippen LogP contribution < -0.4 is 10.1 Å². The third-order valence-corrected chi connectivity index (χ3v) is 6.07. The van der Waals surface area contributed by atoms with Gasteiger partial charge in [0.15, 0.2) is 0 Å². The zero-order chi connectivity index (χ0) is 24.8. The van der Waals surface area contributed by atoms with Gasteiger partial charge in [0.05, 0.1) is 49.7 Å². The number of benzene rings is 1. The number of pyridine rings is 1. The number of nitrogens with zero attached hydrogens (tertiary/aromatic N) is 5. The number of morpholine rings is 1. The van der Waals surface area contributed by atoms with Gasteiger partial charge < -0.3 is 14.8 Å². The average molecular weight is 493 g/mol. The van der Waals surface area contributed by atoms with Crippen LogP contribution in [0.2, 0.25) is 5.15 Å². The van der Waals surface area contributed by atoms with Gasteiger partial charge in [-0.05, 0) is 41.5 Å². The van der Waals surface area contributed by atoms with E-state index in [4.69, 9.17) is 21.1 Å². The highest BCUT2D eigenvalue weighted by Gasteiger charge is 2.34. The summed E-state index contributed by atoms with van der Waals surface area (Å²) in [6.07, 6.45) is 1.21. The molecule has 0 spiro atoms. The summed E-state index contributed by atoms with van der Waals surface area (Å²) in [6, 6.07) is 15.2. The molecule has 0 unspecified atom stereocenters. The number of methoxy groups -OCH3 is 1. The van der Waals surface area contributed by atoms with Crippen molar-refractivity contribution in [3.05, 3.63) is 70.8 Å². The van der Waals surface area contributed by atoms with Crippen molar-refractivity contribution in [3.63, 3.8) is 0 Å². The van der Waals surface area contributed by atoms with E-state index in [0.29, 0.717) is 31.1 Å². The van der Waals surface area contributed by atoms with Gasteiger partial charge in [-0.25, -0.2) is 15.0 Å². The summed E-state index contributed by atoms with van der Waals surface area (Å²) in [5.41, 5.74) is 3.09. The van der Waals surface area contributed by atoms with Crippen LogP contribution in [0.4, 0.5) is 0 Å². The van der Waals surface area contributed by atoms with Crippen LogP contribution in [0.5, 0.6) is 5.75 Å². The van der Waals surface area contributed by atoms with Gasteiger partial charge in [-0.1, -0.05) is 23.7 Å². The lowest BCUT2D eigenvalue weighted by atomic mass is 9.96. The molecule has 1 amide bonds. The van der Waals surface area contributed by atoms with Gasteiger partial charge in [-0.15, -0.1) is 0 Å². The lowest BCUT2D eigenvalue weighted by Crippen LogP contribution is -2.46. The molecular weight excluding hydrogens is 468 g/mol. The van der Waals surface area contributed by atoms with E-state index in [1.165, 1.54) is 13.4 Å². The highest BCUT2D eigenvalue weighted by molar-refractivity contribution is 6.29. The first-order valence-electron chi connectivity index (χ1n) is 11.1. The van der Waals surface area contributed by atoms with Crippen LogP contribution in [0.3, 0.4) is 0 Å². The minimum Gasteiger partial charge on any atom is -0.497 e. The first-order valence-corrected chi connectivity index (χ1v) is 11.5. The average Bonchev–Trinajstić information content (AvgIpc) is 2.89. The first-order chi connectivity index (χ1) is 17.0. The Labute approximate surface area is 208 Å². The van der Waals surface area contributed by atoms with E-state index in [1.54, 1.807) is 19.2 Å². The fourth-order valence-electron chi connectivity index (χ4n) is 4.14. The molecule has 0 aliphatic carbocycles. The number of nitrogens with one attached hydrogen (secondary N) is 1. The van der Waals surface area contributed by atoms with E-state index >= 15 is 0 Å². The van der Waals surface area contributed by atoms with Crippen molar-refractivity contribution in [2.75, 3.05) is 27.3 Å². The summed E-state index contributed by atoms with van der Waals surface area (Å²) in [5.74, 6) is 0.472. The molecule has 0 radical (unpaired) electrons. The normalized spacial score (nSPS) is 18.0. The number of halogens is 1. The smallest absolute Gasteiger partial charge is 0.269 e. The van der Waals surface area contributed by atoms with Gasteiger partial charge in [-0.3, -0.25) is 9.69 Å². The predicted molar refractivity (Wildman–Crippen MR) is 130 cm³/mol. The third-order valence-electron chi connectivity index (χ3n) is 5.87. The summed E-state index contributed by atoms with van der Waals surface area (Å²) < 4.78 is 11.4. The van der Waals surface area contributed by atoms with E-state index < -0.39 is 0 Å². The Hall–Kier alpha value is -3.58. The van der Waals surface area contributed by atoms with Crippen molar-refractivity contribution in [1.29, 1.82) is 5.26 Å². The molecule has 9 nitrogen and oxygen atoms in total. The molecule has 1 fully saturated rings. The summed E-state index contributed by atoms with van der Waals surface area (Å²) in [5, 5.41) is 12.4. The van der Waals surface area contributed by atoms with Crippen LogP contribution >= 0.6 is 11.6 Å². The van der Waals surface area contributed by atoms with Gasteiger partial charge in [0.1, 0.15) is 22.9 Å². The van der Waals surface area contributed by atoms with Crippen molar-refractivity contribution >= 4 is 17.5 Å². The Morgan fingerprint density at radius 3 is 2.77 bits per heavy atom. The number of carbonyl (C=O) groups excluding carboxylic acids is 1. The van der Waals surface area contributed by atoms with Crippen LogP contribution in [0.25, 0.3) is 11.4 Å². The second kappa shape index (κ2) is 11.2. The molecule has 3 heterocycles. The van der Waals surface area contributed by atoms with Crippen molar-refractivity contribution in [3.8, 4) is 23.2 Å². The zero-order valence-corrected chi connectivity index (χ0v) is 20.2. The second-order valence-electron chi connectivity index (χ2n) is 8.02. The Balaban J connectivity index is 1.64. The summed E-state index contributed by atoms with van der Waals surface area (Å²) in [7, 11) is 3.17. The van der Waals surface area contributed by atoms with E-state index in [9.17, 15) is 10.1 Å². The maximum absolute atomic E-state index is 12.0. The summed E-state index contributed by atoms with van der Waals surface area (Å²) >= 11 is 6.39. The lowest BCUT2D eigenvalue weighted by Gasteiger charge is -2.40. The molecule has 10 heteroatoms. The molecule has 1 aliphatic rings. The van der Waals surface area contributed by atoms with Gasteiger partial charge in [0.2, 0.25) is 0 Å². The second-order valence-corrected chi connectivity index (χ2v) is 8.40. The lowest BCUT2D eigenvalue weighted by molar-refractivity contribution is -0.0750. The monoisotopic (exact) mass is 492 g/mol. The standard InChI is InChI=1S/C25H25ClN6O3/c1-28-25(33)21-13-19(29-15-30-21)20-11-17(12-23(26)31-20)24-22(7-8-27)32(9-10-35-24)14-16-3-5-18(34-2)6-4-16/h3-6,11-13,15,22,24H,7,9-10,14H2,1-2H3,(H,28,33)/t22-,24-/m1/s1. The molecule has 0 bridgehead atoms. The van der Waals surface area contributed by atoms with Crippen molar-refractivity contribution in [2.45, 2.75) is 25.1 Å². The number of rotatable bonds is 7. The molecule has 1 saturated heterocycles. The van der Waals surface area contributed by atoms with Crippen molar-refractivity contribution < 1.29 is 14.3 Å². The molecule has 0 saturated carbocycles. The minimum atomic E-state index is -0.388. The maximum atomic E-state index is 12.0. The van der Waals surface area contributed by atoms with Crippen LogP contribution in [-0.2, 0) is 11.3 Å². The fourth-order valence-corrected chi connectivity index (χ4v) is 4.35. The topological polar surface area (TPSA) is 113 Å². The Bertz CT molecular complexity index is 1230. The van der Waals surface area contributed by atoms with Crippen LogP contribution in [0.1, 0.15) is 34.1 Å². The first kappa shape index (κ1) is 24.5. The van der Waals surface area contributed by atoms with Gasteiger partial charge >= 0.3 is 0 Å². The van der Waals surface area contributed by atoms with Crippen LogP contribution in [0, 0.1) is 11.3 Å². The van der Waals surface area contributed by atoms with Gasteiger partial charge in [-0.2, -0.15) is 5.26 Å². The SMILES string of the molecule is CNC(=O)c1cc(-c2cc([C@H]3OCCN(Cc4ccc(OC)cc4)[C@@H]3CC#N)cc(Cl)n2)ncn1. The van der Waals surface area contributed by atoms with E-state index in [0.717, 1.165) is 16.9 Å². The highest BCUT2D eigenvalue weighted by atomic mass is 35.5. The molecular formula is C25H25ClN6O3. The number of hydrogen-bond acceptors (Lipinski definition) is 8. The van der Waals surface area contributed by atoms with Gasteiger partial charge in [0.25, 0.3) is 5.91 Å². The minimum absolute atomic E-state index is 0.186. The molecule has 1 aromatic carbocycles. The molecule has 180 valence electrons. The number of hydrogen-bond donors (Lipinski definition) is 1. The molecule has 35 heavy (non-hydrogen) atoms. The predicted octanol–water partition coefficient (Wildman–Crippen LogP) is 3.42. The molecule has 1 aliphatic heterocycles. The van der Waals surface area contributed by atoms with Gasteiger partial charge in [0, 0.05) is 20.1 Å². The van der Waals surface area contributed by atoms with Crippen molar-refractivity contribution in [1.82, 2.24) is 25.2 Å². The van der Waals surface area contributed by atoms with E-state index in [1.807, 2.05) is 30.3 Å². The zero-order valence-electron chi connectivity index (χ0n) is 19.4. The highest BCUT2D eigenvalue weighted by Crippen LogP contribution is 2.34. The molecule has 2 atom stereocenters. The Morgan fingerprint density at radius 2 is 2.06 bits per heavy atom. The Kier molecular flexibility index (Phi) is 7.87. The van der Waals surface area contributed by atoms with Crippen LogP contribution in [0.15, 0.2) is 48.8 Å².